The number of esters is 1. The summed E-state index contributed by atoms with van der Waals surface area (Å²) >= 11 is 5.84. The lowest BCUT2D eigenvalue weighted by molar-refractivity contribution is -0.385. The molecule has 11 nitrogen and oxygen atoms in total. The Labute approximate surface area is 223 Å². The van der Waals surface area contributed by atoms with Gasteiger partial charge in [0.1, 0.15) is 30.2 Å². The maximum Gasteiger partial charge on any atom is 0.320 e. The SMILES string of the molecule is C[C@@H](O)CN(CCOc1cc2ncnc(Nc3ccc(F)c(Cl)c3)c2cc1[N+](=O)[O-])CC(=O)OC(C)(C)C. The number of hydrogen-bond donors (Lipinski definition) is 2. The number of nitrogens with zero attached hydrogens (tertiary/aromatic N) is 4. The second-order valence-electron chi connectivity index (χ2n) is 9.59. The quantitative estimate of drug-likeness (QED) is 0.200. The molecule has 0 aliphatic rings. The maximum atomic E-state index is 13.5. The minimum absolute atomic E-state index is 0.00780. The smallest absolute Gasteiger partial charge is 0.320 e. The molecular weight excluding hydrogens is 521 g/mol. The number of rotatable bonds is 11. The average Bonchev–Trinajstić information content (AvgIpc) is 2.79. The number of anilines is 2. The molecule has 0 spiro atoms. The molecule has 3 aromatic rings. The van der Waals surface area contributed by atoms with Gasteiger partial charge in [-0.3, -0.25) is 19.8 Å². The van der Waals surface area contributed by atoms with Gasteiger partial charge in [-0.05, 0) is 45.9 Å². The molecule has 1 heterocycles. The molecule has 3 rings (SSSR count). The highest BCUT2D eigenvalue weighted by Gasteiger charge is 2.22. The van der Waals surface area contributed by atoms with Crippen molar-refractivity contribution in [2.45, 2.75) is 39.4 Å². The molecule has 0 bridgehead atoms. The second kappa shape index (κ2) is 12.3. The Bertz CT molecular complexity index is 1320. The van der Waals surface area contributed by atoms with Crippen molar-refractivity contribution in [3.8, 4) is 5.75 Å². The largest absolute Gasteiger partial charge is 0.485 e. The van der Waals surface area contributed by atoms with Gasteiger partial charge in [0, 0.05) is 30.9 Å². The van der Waals surface area contributed by atoms with Gasteiger partial charge < -0.3 is 19.9 Å². The summed E-state index contributed by atoms with van der Waals surface area (Å²) in [6.07, 6.45) is 0.558. The number of aromatic nitrogens is 2. The van der Waals surface area contributed by atoms with Gasteiger partial charge in [-0.25, -0.2) is 14.4 Å². The first-order valence-corrected chi connectivity index (χ1v) is 12.1. The molecule has 0 saturated heterocycles. The first-order valence-electron chi connectivity index (χ1n) is 11.7. The number of aliphatic hydroxyl groups excluding tert-OH is 1. The van der Waals surface area contributed by atoms with Crippen LogP contribution < -0.4 is 10.1 Å². The maximum absolute atomic E-state index is 13.5. The number of aliphatic hydroxyl groups is 1. The Kier molecular flexibility index (Phi) is 9.36. The highest BCUT2D eigenvalue weighted by molar-refractivity contribution is 6.31. The predicted molar refractivity (Wildman–Crippen MR) is 140 cm³/mol. The van der Waals surface area contributed by atoms with Crippen LogP contribution in [0.3, 0.4) is 0 Å². The highest BCUT2D eigenvalue weighted by Crippen LogP contribution is 2.35. The van der Waals surface area contributed by atoms with E-state index in [4.69, 9.17) is 21.1 Å². The number of fused-ring (bicyclic) bond motifs is 1. The number of nitro groups is 1. The molecule has 0 radical (unpaired) electrons. The topological polar surface area (TPSA) is 140 Å². The average molecular weight is 550 g/mol. The highest BCUT2D eigenvalue weighted by atomic mass is 35.5. The zero-order chi connectivity index (χ0) is 28.0. The van der Waals surface area contributed by atoms with E-state index in [-0.39, 0.29) is 48.5 Å². The van der Waals surface area contributed by atoms with Crippen molar-refractivity contribution in [2.75, 3.05) is 31.6 Å². The Balaban J connectivity index is 1.80. The van der Waals surface area contributed by atoms with Crippen LogP contribution in [0.25, 0.3) is 10.9 Å². The number of ether oxygens (including phenoxy) is 2. The summed E-state index contributed by atoms with van der Waals surface area (Å²) in [5.74, 6) is -0.812. The van der Waals surface area contributed by atoms with E-state index in [9.17, 15) is 24.4 Å². The van der Waals surface area contributed by atoms with E-state index in [1.165, 1.54) is 36.7 Å². The van der Waals surface area contributed by atoms with E-state index in [1.54, 1.807) is 32.6 Å². The summed E-state index contributed by atoms with van der Waals surface area (Å²) in [7, 11) is 0. The van der Waals surface area contributed by atoms with Crippen molar-refractivity contribution in [1.82, 2.24) is 14.9 Å². The van der Waals surface area contributed by atoms with Gasteiger partial charge >= 0.3 is 11.7 Å². The number of nitro benzene ring substituents is 1. The van der Waals surface area contributed by atoms with Gasteiger partial charge in [0.25, 0.3) is 0 Å². The molecule has 0 fully saturated rings. The standard InChI is InChI=1S/C25H29ClFN5O6/c1-15(33)12-31(13-23(34)38-25(2,3)4)7-8-37-22-11-20-17(10-21(22)32(35)36)24(29-14-28-20)30-16-5-6-19(27)18(26)9-16/h5-6,9-11,14-15,33H,7-8,12-13H2,1-4H3,(H,28,29,30)/t15-/m1/s1. The lowest BCUT2D eigenvalue weighted by Crippen LogP contribution is -2.40. The van der Waals surface area contributed by atoms with E-state index in [0.29, 0.717) is 16.6 Å². The Hall–Kier alpha value is -3.61. The van der Waals surface area contributed by atoms with Crippen LogP contribution in [0.2, 0.25) is 5.02 Å². The molecule has 1 atom stereocenters. The van der Waals surface area contributed by atoms with Gasteiger partial charge in [0.2, 0.25) is 0 Å². The lowest BCUT2D eigenvalue weighted by Gasteiger charge is -2.25. The molecule has 13 heteroatoms. The lowest BCUT2D eigenvalue weighted by atomic mass is 10.2. The van der Waals surface area contributed by atoms with Gasteiger partial charge in [0.05, 0.1) is 33.5 Å². The first kappa shape index (κ1) is 29.0. The third-order valence-electron chi connectivity index (χ3n) is 5.06. The van der Waals surface area contributed by atoms with Crippen LogP contribution in [0.4, 0.5) is 21.6 Å². The van der Waals surface area contributed by atoms with Gasteiger partial charge in [0.15, 0.2) is 5.75 Å². The van der Waals surface area contributed by atoms with Crippen molar-refractivity contribution in [2.24, 2.45) is 0 Å². The van der Waals surface area contributed by atoms with Crippen molar-refractivity contribution in [3.05, 3.63) is 57.6 Å². The normalized spacial score (nSPS) is 12.4. The number of halogens is 2. The van der Waals surface area contributed by atoms with Gasteiger partial charge in [-0.2, -0.15) is 0 Å². The summed E-state index contributed by atoms with van der Waals surface area (Å²) in [5, 5.41) is 24.9. The van der Waals surface area contributed by atoms with E-state index in [2.05, 4.69) is 15.3 Å². The Morgan fingerprint density at radius 3 is 2.66 bits per heavy atom. The first-order chi connectivity index (χ1) is 17.8. The molecule has 204 valence electrons. The fourth-order valence-electron chi connectivity index (χ4n) is 3.59. The molecule has 0 saturated carbocycles. The summed E-state index contributed by atoms with van der Waals surface area (Å²) in [4.78, 5) is 33.5. The zero-order valence-corrected chi connectivity index (χ0v) is 22.2. The molecular formula is C25H29ClFN5O6. The zero-order valence-electron chi connectivity index (χ0n) is 21.4. The van der Waals surface area contributed by atoms with Crippen molar-refractivity contribution >= 4 is 45.7 Å². The van der Waals surface area contributed by atoms with E-state index in [0.717, 1.165) is 0 Å². The molecule has 38 heavy (non-hydrogen) atoms. The monoisotopic (exact) mass is 549 g/mol. The van der Waals surface area contributed by atoms with Gasteiger partial charge in [-0.1, -0.05) is 11.6 Å². The van der Waals surface area contributed by atoms with E-state index >= 15 is 0 Å². The van der Waals surface area contributed by atoms with Crippen LogP contribution >= 0.6 is 11.6 Å². The number of carbonyl (C=O) groups excluding carboxylic acids is 1. The number of hydrogen-bond acceptors (Lipinski definition) is 10. The van der Waals surface area contributed by atoms with Gasteiger partial charge in [-0.15, -0.1) is 0 Å². The van der Waals surface area contributed by atoms with Crippen LogP contribution in [-0.2, 0) is 9.53 Å². The molecule has 2 N–H and O–H groups in total. The van der Waals surface area contributed by atoms with E-state index < -0.39 is 28.4 Å². The number of carbonyl (C=O) groups is 1. The van der Waals surface area contributed by atoms with Crippen LogP contribution in [0, 0.1) is 15.9 Å². The molecule has 0 amide bonds. The molecule has 0 aliphatic heterocycles. The third kappa shape index (κ3) is 8.20. The Morgan fingerprint density at radius 1 is 1.29 bits per heavy atom. The van der Waals surface area contributed by atoms with Crippen LogP contribution in [-0.4, -0.2) is 68.8 Å². The Morgan fingerprint density at radius 2 is 2.03 bits per heavy atom. The van der Waals surface area contributed by atoms with Crippen LogP contribution in [0.1, 0.15) is 27.7 Å². The summed E-state index contributed by atoms with van der Waals surface area (Å²) in [6.45, 7) is 7.14. The molecule has 0 unspecified atom stereocenters. The third-order valence-corrected chi connectivity index (χ3v) is 5.34. The van der Waals surface area contributed by atoms with Crippen molar-refractivity contribution in [3.63, 3.8) is 0 Å². The van der Waals surface area contributed by atoms with Crippen LogP contribution in [0.15, 0.2) is 36.7 Å². The minimum Gasteiger partial charge on any atom is -0.485 e. The van der Waals surface area contributed by atoms with Crippen molar-refractivity contribution in [1.29, 1.82) is 0 Å². The summed E-state index contributed by atoms with van der Waals surface area (Å²) in [5.41, 5.74) is -0.177. The molecule has 1 aromatic heterocycles. The summed E-state index contributed by atoms with van der Waals surface area (Å²) < 4.78 is 24.6. The molecule has 0 aliphatic carbocycles. The second-order valence-corrected chi connectivity index (χ2v) is 10.00. The number of nitrogens with one attached hydrogen (secondary N) is 1. The fourth-order valence-corrected chi connectivity index (χ4v) is 3.77. The van der Waals surface area contributed by atoms with Crippen molar-refractivity contribution < 1.29 is 28.7 Å². The summed E-state index contributed by atoms with van der Waals surface area (Å²) in [6, 6.07) is 6.72. The van der Waals surface area contributed by atoms with Crippen LogP contribution in [0.5, 0.6) is 5.75 Å². The fraction of sp³-hybridized carbons (Fsp3) is 0.400. The number of benzene rings is 2. The minimum atomic E-state index is -0.717. The molecule has 2 aromatic carbocycles. The van der Waals surface area contributed by atoms with E-state index in [1.807, 2.05) is 0 Å². The predicted octanol–water partition coefficient (Wildman–Crippen LogP) is 4.48.